The minimum absolute atomic E-state index is 0.0331. The molecule has 9 nitrogen and oxygen atoms in total. The third-order valence-electron chi connectivity index (χ3n) is 3.68. The van der Waals surface area contributed by atoms with E-state index in [1.54, 1.807) is 24.3 Å². The van der Waals surface area contributed by atoms with Gasteiger partial charge in [0, 0.05) is 18.9 Å². The van der Waals surface area contributed by atoms with E-state index < -0.39 is 42.5 Å². The lowest BCUT2D eigenvalue weighted by Gasteiger charge is -2.20. The second-order valence-corrected chi connectivity index (χ2v) is 6.02. The molecule has 0 radical (unpaired) electrons. The maximum Gasteiger partial charge on any atom is 0.407 e. The van der Waals surface area contributed by atoms with Crippen molar-refractivity contribution in [3.8, 4) is 6.07 Å². The predicted octanol–water partition coefficient (Wildman–Crippen LogP) is 0.783. The zero-order chi connectivity index (χ0) is 20.2. The minimum atomic E-state index is -1.26. The number of ether oxygens (including phenoxy) is 1. The lowest BCUT2D eigenvalue weighted by molar-refractivity contribution is -0.143. The second-order valence-electron chi connectivity index (χ2n) is 6.02. The summed E-state index contributed by atoms with van der Waals surface area (Å²) in [6, 6.07) is 9.65. The van der Waals surface area contributed by atoms with E-state index in [9.17, 15) is 19.5 Å². The van der Waals surface area contributed by atoms with Crippen LogP contribution in [-0.4, -0.2) is 46.9 Å². The lowest BCUT2D eigenvalue weighted by atomic mass is 9.99. The van der Waals surface area contributed by atoms with Gasteiger partial charge in [-0.25, -0.2) is 9.59 Å². The maximum absolute atomic E-state index is 11.9. The van der Waals surface area contributed by atoms with Crippen molar-refractivity contribution in [2.45, 2.75) is 38.5 Å². The molecular formula is C18H23N3O6. The molecule has 2 amide bonds. The van der Waals surface area contributed by atoms with Gasteiger partial charge in [-0.05, 0) is 5.56 Å². The lowest BCUT2D eigenvalue weighted by Crippen LogP contribution is -2.46. The smallest absolute Gasteiger partial charge is 0.407 e. The number of amides is 2. The van der Waals surface area contributed by atoms with E-state index >= 15 is 0 Å². The first-order valence-corrected chi connectivity index (χ1v) is 8.35. The highest BCUT2D eigenvalue weighted by atomic mass is 16.5. The molecule has 1 rings (SSSR count). The fraction of sp³-hybridized carbons (Fsp3) is 0.444. The number of nitrogens with one attached hydrogen (secondary N) is 2. The number of carbonyl (C=O) groups is 3. The Kier molecular flexibility index (Phi) is 9.33. The molecule has 1 aromatic carbocycles. The molecular weight excluding hydrogens is 354 g/mol. The Morgan fingerprint density at radius 3 is 2.52 bits per heavy atom. The number of aliphatic carboxylic acids is 1. The fourth-order valence-electron chi connectivity index (χ4n) is 2.20. The first-order chi connectivity index (χ1) is 12.8. The zero-order valence-electron chi connectivity index (χ0n) is 14.9. The molecule has 0 aliphatic carbocycles. The molecule has 9 heteroatoms. The summed E-state index contributed by atoms with van der Waals surface area (Å²) in [5.74, 6) is -2.54. The standard InChI is InChI=1S/C18H23N3O6/c1-12(7-8-19)16(17(24)25)21-15(23)9-14(22)10-20-18(26)27-11-13-5-3-2-4-6-13/h2-6,12,14,16,22H,7,9-11H2,1H3,(H,20,26)(H,21,23)(H,24,25)/t12-,14-,16-/m1/s1. The number of nitrogens with zero attached hydrogens (tertiary/aromatic N) is 1. The van der Waals surface area contributed by atoms with Crippen LogP contribution in [0.15, 0.2) is 30.3 Å². The Balaban J connectivity index is 2.34. The van der Waals surface area contributed by atoms with Crippen LogP contribution in [0, 0.1) is 17.2 Å². The van der Waals surface area contributed by atoms with Crippen molar-refractivity contribution >= 4 is 18.0 Å². The number of alkyl carbamates (subject to hydrolysis) is 1. The largest absolute Gasteiger partial charge is 0.480 e. The van der Waals surface area contributed by atoms with Crippen LogP contribution in [0.4, 0.5) is 4.79 Å². The van der Waals surface area contributed by atoms with E-state index in [1.165, 1.54) is 6.92 Å². The molecule has 0 aromatic heterocycles. The van der Waals surface area contributed by atoms with Gasteiger partial charge < -0.3 is 25.6 Å². The Bertz CT molecular complexity index is 673. The molecule has 0 heterocycles. The normalized spacial score (nSPS) is 13.5. The molecule has 0 spiro atoms. The highest BCUT2D eigenvalue weighted by Gasteiger charge is 2.27. The Morgan fingerprint density at radius 1 is 1.26 bits per heavy atom. The third-order valence-corrected chi connectivity index (χ3v) is 3.68. The highest BCUT2D eigenvalue weighted by molar-refractivity contribution is 5.84. The Hall–Kier alpha value is -3.12. The number of carboxylic acid groups (broad SMARTS) is 1. The minimum Gasteiger partial charge on any atom is -0.480 e. The van der Waals surface area contributed by atoms with Crippen molar-refractivity contribution in [1.82, 2.24) is 10.6 Å². The van der Waals surface area contributed by atoms with Crippen molar-refractivity contribution in [2.75, 3.05) is 6.54 Å². The van der Waals surface area contributed by atoms with Crippen LogP contribution in [0.2, 0.25) is 0 Å². The molecule has 146 valence electrons. The van der Waals surface area contributed by atoms with Gasteiger partial charge in [-0.3, -0.25) is 4.79 Å². The molecule has 3 atom stereocenters. The summed E-state index contributed by atoms with van der Waals surface area (Å²) in [5, 5.41) is 32.2. The Morgan fingerprint density at radius 2 is 1.93 bits per heavy atom. The summed E-state index contributed by atoms with van der Waals surface area (Å²) in [5.41, 5.74) is 0.804. The predicted molar refractivity (Wildman–Crippen MR) is 94.2 cm³/mol. The summed E-state index contributed by atoms with van der Waals surface area (Å²) in [6.45, 7) is 1.37. The number of aliphatic hydroxyl groups excluding tert-OH is 1. The number of rotatable bonds is 10. The van der Waals surface area contributed by atoms with Crippen molar-refractivity contribution in [3.05, 3.63) is 35.9 Å². The van der Waals surface area contributed by atoms with Gasteiger partial charge in [-0.1, -0.05) is 37.3 Å². The van der Waals surface area contributed by atoms with Gasteiger partial charge in [0.1, 0.15) is 12.6 Å². The molecule has 0 bridgehead atoms. The fourth-order valence-corrected chi connectivity index (χ4v) is 2.20. The topological polar surface area (TPSA) is 149 Å². The highest BCUT2D eigenvalue weighted by Crippen LogP contribution is 2.08. The van der Waals surface area contributed by atoms with Crippen LogP contribution < -0.4 is 10.6 Å². The van der Waals surface area contributed by atoms with Crippen LogP contribution in [0.5, 0.6) is 0 Å². The molecule has 0 saturated heterocycles. The van der Waals surface area contributed by atoms with E-state index in [2.05, 4.69) is 10.6 Å². The number of aliphatic hydroxyl groups is 1. The van der Waals surface area contributed by atoms with Gasteiger partial charge in [0.25, 0.3) is 0 Å². The van der Waals surface area contributed by atoms with Crippen LogP contribution in [-0.2, 0) is 20.9 Å². The van der Waals surface area contributed by atoms with Crippen LogP contribution >= 0.6 is 0 Å². The average molecular weight is 377 g/mol. The van der Waals surface area contributed by atoms with Crippen molar-refractivity contribution in [2.24, 2.45) is 5.92 Å². The molecule has 0 aliphatic rings. The SMILES string of the molecule is C[C@H](CC#N)[C@@H](NC(=O)C[C@@H](O)CNC(=O)OCc1ccccc1)C(=O)O. The summed E-state index contributed by atoms with van der Waals surface area (Å²) in [7, 11) is 0. The molecule has 4 N–H and O–H groups in total. The number of nitriles is 1. The van der Waals surface area contributed by atoms with E-state index in [0.717, 1.165) is 5.56 Å². The first kappa shape index (κ1) is 21.9. The molecule has 0 aliphatic heterocycles. The first-order valence-electron chi connectivity index (χ1n) is 8.35. The number of hydrogen-bond acceptors (Lipinski definition) is 6. The molecule has 0 unspecified atom stereocenters. The quantitative estimate of drug-likeness (QED) is 0.471. The van der Waals surface area contributed by atoms with Gasteiger partial charge in [0.2, 0.25) is 5.91 Å². The van der Waals surface area contributed by atoms with Crippen molar-refractivity contribution in [1.29, 1.82) is 5.26 Å². The van der Waals surface area contributed by atoms with Gasteiger partial charge in [-0.2, -0.15) is 5.26 Å². The van der Waals surface area contributed by atoms with E-state index in [1.807, 2.05) is 12.1 Å². The molecule has 0 saturated carbocycles. The molecule has 1 aromatic rings. The second kappa shape index (κ2) is 11.5. The number of carbonyl (C=O) groups excluding carboxylic acids is 2. The summed E-state index contributed by atoms with van der Waals surface area (Å²) in [6.07, 6.45) is -2.39. The van der Waals surface area contributed by atoms with E-state index in [0.29, 0.717) is 0 Å². The monoisotopic (exact) mass is 377 g/mol. The Labute approximate surface area is 156 Å². The van der Waals surface area contributed by atoms with Gasteiger partial charge >= 0.3 is 12.1 Å². The summed E-state index contributed by atoms with van der Waals surface area (Å²) in [4.78, 5) is 34.6. The van der Waals surface area contributed by atoms with E-state index in [-0.39, 0.29) is 19.6 Å². The summed E-state index contributed by atoms with van der Waals surface area (Å²) < 4.78 is 4.97. The number of hydrogen-bond donors (Lipinski definition) is 4. The van der Waals surface area contributed by atoms with Crippen molar-refractivity contribution in [3.63, 3.8) is 0 Å². The number of benzene rings is 1. The van der Waals surface area contributed by atoms with Crippen molar-refractivity contribution < 1.29 is 29.3 Å². The molecule has 0 fully saturated rings. The number of carboxylic acids is 1. The van der Waals surface area contributed by atoms with Crippen LogP contribution in [0.3, 0.4) is 0 Å². The zero-order valence-corrected chi connectivity index (χ0v) is 14.9. The van der Waals surface area contributed by atoms with Gasteiger partial charge in [0.05, 0.1) is 18.6 Å². The summed E-state index contributed by atoms with van der Waals surface area (Å²) >= 11 is 0. The van der Waals surface area contributed by atoms with Crippen LogP contribution in [0.25, 0.3) is 0 Å². The van der Waals surface area contributed by atoms with Gasteiger partial charge in [0.15, 0.2) is 0 Å². The van der Waals surface area contributed by atoms with E-state index in [4.69, 9.17) is 15.1 Å². The maximum atomic E-state index is 11.9. The molecule has 27 heavy (non-hydrogen) atoms. The van der Waals surface area contributed by atoms with Gasteiger partial charge in [-0.15, -0.1) is 0 Å². The third kappa shape index (κ3) is 8.69. The average Bonchev–Trinajstić information content (AvgIpc) is 2.63. The van der Waals surface area contributed by atoms with Crippen LogP contribution in [0.1, 0.15) is 25.3 Å².